The van der Waals surface area contributed by atoms with Gasteiger partial charge in [-0.2, -0.15) is 0 Å². The Labute approximate surface area is 175 Å². The lowest BCUT2D eigenvalue weighted by molar-refractivity contribution is 0.122. The summed E-state index contributed by atoms with van der Waals surface area (Å²) in [6.07, 6.45) is 0. The first kappa shape index (κ1) is 19.7. The normalized spacial score (nSPS) is 17.4. The molecule has 2 saturated heterocycles. The van der Waals surface area contributed by atoms with Gasteiger partial charge in [0.15, 0.2) is 11.6 Å². The number of hydrogen-bond donors (Lipinski definition) is 1. The van der Waals surface area contributed by atoms with Crippen LogP contribution in [0, 0.1) is 6.92 Å². The van der Waals surface area contributed by atoms with Crippen molar-refractivity contribution in [3.05, 3.63) is 40.9 Å². The summed E-state index contributed by atoms with van der Waals surface area (Å²) < 4.78 is 5.38. The molecule has 0 spiro atoms. The molecule has 3 heterocycles. The van der Waals surface area contributed by atoms with Crippen LogP contribution in [0.5, 0.6) is 0 Å². The van der Waals surface area contributed by atoms with Crippen LogP contribution in [-0.2, 0) is 4.74 Å². The van der Waals surface area contributed by atoms with E-state index in [1.807, 2.05) is 31.2 Å². The van der Waals surface area contributed by atoms with E-state index in [2.05, 4.69) is 25.3 Å². The number of urea groups is 1. The number of carbonyl (C=O) groups excluding carboxylic acids is 1. The number of morpholine rings is 1. The highest BCUT2D eigenvalue weighted by Crippen LogP contribution is 2.21. The minimum Gasteiger partial charge on any atom is -0.378 e. The molecule has 2 aliphatic heterocycles. The van der Waals surface area contributed by atoms with Gasteiger partial charge in [0, 0.05) is 50.0 Å². The van der Waals surface area contributed by atoms with Crippen molar-refractivity contribution < 1.29 is 9.53 Å². The van der Waals surface area contributed by atoms with Crippen molar-refractivity contribution in [2.75, 3.05) is 67.6 Å². The second-order valence-corrected chi connectivity index (χ2v) is 7.62. The summed E-state index contributed by atoms with van der Waals surface area (Å²) in [4.78, 5) is 18.7. The van der Waals surface area contributed by atoms with E-state index in [1.54, 1.807) is 11.0 Å². The minimum absolute atomic E-state index is 0.113. The standard InChI is InChI=1S/C20H25ClN6O2/c1-15-2-3-16(14-17(15)21)22-20(28)27-8-6-25(7-9-27)18-4-5-19(24-23-18)26-10-12-29-13-11-26/h2-5,14H,6-13H2,1H3,(H,22,28). The summed E-state index contributed by atoms with van der Waals surface area (Å²) in [6.45, 7) is 7.74. The van der Waals surface area contributed by atoms with Gasteiger partial charge >= 0.3 is 6.03 Å². The van der Waals surface area contributed by atoms with E-state index in [0.717, 1.165) is 43.5 Å². The quantitative estimate of drug-likeness (QED) is 0.829. The number of rotatable bonds is 3. The molecule has 1 aromatic heterocycles. The topological polar surface area (TPSA) is 73.8 Å². The van der Waals surface area contributed by atoms with Crippen molar-refractivity contribution in [2.24, 2.45) is 0 Å². The van der Waals surface area contributed by atoms with E-state index in [0.29, 0.717) is 36.9 Å². The molecular formula is C20H25ClN6O2. The molecular weight excluding hydrogens is 392 g/mol. The Balaban J connectivity index is 1.30. The lowest BCUT2D eigenvalue weighted by atomic mass is 10.2. The number of nitrogens with one attached hydrogen (secondary N) is 1. The second kappa shape index (κ2) is 8.84. The minimum atomic E-state index is -0.113. The summed E-state index contributed by atoms with van der Waals surface area (Å²) in [5.74, 6) is 1.72. The van der Waals surface area contributed by atoms with Gasteiger partial charge < -0.3 is 24.8 Å². The molecule has 29 heavy (non-hydrogen) atoms. The summed E-state index contributed by atoms with van der Waals surface area (Å²) in [7, 11) is 0. The summed E-state index contributed by atoms with van der Waals surface area (Å²) >= 11 is 6.14. The number of anilines is 3. The molecule has 0 atom stereocenters. The number of aromatic nitrogens is 2. The third kappa shape index (κ3) is 4.71. The third-order valence-electron chi connectivity index (χ3n) is 5.29. The van der Waals surface area contributed by atoms with Crippen LogP contribution >= 0.6 is 11.6 Å². The Hall–Kier alpha value is -2.58. The van der Waals surface area contributed by atoms with Crippen molar-refractivity contribution in [3.63, 3.8) is 0 Å². The van der Waals surface area contributed by atoms with Crippen molar-refractivity contribution >= 4 is 35.0 Å². The van der Waals surface area contributed by atoms with E-state index >= 15 is 0 Å². The molecule has 2 aliphatic rings. The molecule has 1 N–H and O–H groups in total. The predicted molar refractivity (Wildman–Crippen MR) is 114 cm³/mol. The van der Waals surface area contributed by atoms with Crippen LogP contribution < -0.4 is 15.1 Å². The Morgan fingerprint density at radius 2 is 1.59 bits per heavy atom. The molecule has 8 nitrogen and oxygen atoms in total. The summed E-state index contributed by atoms with van der Waals surface area (Å²) in [5, 5.41) is 12.3. The Morgan fingerprint density at radius 3 is 2.17 bits per heavy atom. The molecule has 2 aromatic rings. The maximum Gasteiger partial charge on any atom is 0.321 e. The van der Waals surface area contributed by atoms with Crippen LogP contribution in [0.15, 0.2) is 30.3 Å². The lowest BCUT2D eigenvalue weighted by Gasteiger charge is -2.35. The first-order chi connectivity index (χ1) is 14.1. The van der Waals surface area contributed by atoms with E-state index in [-0.39, 0.29) is 6.03 Å². The van der Waals surface area contributed by atoms with Crippen LogP contribution in [0.3, 0.4) is 0 Å². The third-order valence-corrected chi connectivity index (χ3v) is 5.69. The highest BCUT2D eigenvalue weighted by molar-refractivity contribution is 6.31. The van der Waals surface area contributed by atoms with Crippen molar-refractivity contribution in [1.82, 2.24) is 15.1 Å². The largest absolute Gasteiger partial charge is 0.378 e. The van der Waals surface area contributed by atoms with Gasteiger partial charge in [-0.1, -0.05) is 17.7 Å². The van der Waals surface area contributed by atoms with Crippen molar-refractivity contribution in [2.45, 2.75) is 6.92 Å². The molecule has 9 heteroatoms. The molecule has 2 fully saturated rings. The number of halogens is 1. The van der Waals surface area contributed by atoms with Gasteiger partial charge in [0.25, 0.3) is 0 Å². The average molecular weight is 417 g/mol. The van der Waals surface area contributed by atoms with Gasteiger partial charge in [0.1, 0.15) is 0 Å². The molecule has 4 rings (SSSR count). The zero-order valence-corrected chi connectivity index (χ0v) is 17.2. The smallest absolute Gasteiger partial charge is 0.321 e. The summed E-state index contributed by atoms with van der Waals surface area (Å²) in [6, 6.07) is 9.43. The summed E-state index contributed by atoms with van der Waals surface area (Å²) in [5.41, 5.74) is 1.69. The molecule has 2 amide bonds. The number of ether oxygens (including phenoxy) is 1. The SMILES string of the molecule is Cc1ccc(NC(=O)N2CCN(c3ccc(N4CCOCC4)nn3)CC2)cc1Cl. The first-order valence-electron chi connectivity index (χ1n) is 9.83. The molecule has 0 radical (unpaired) electrons. The van der Waals surface area contributed by atoms with Gasteiger partial charge in [0.2, 0.25) is 0 Å². The van der Waals surface area contributed by atoms with E-state index in [4.69, 9.17) is 16.3 Å². The monoisotopic (exact) mass is 416 g/mol. The number of piperazine rings is 1. The van der Waals surface area contributed by atoms with E-state index in [1.165, 1.54) is 0 Å². The van der Waals surface area contributed by atoms with Gasteiger partial charge in [-0.25, -0.2) is 4.79 Å². The fourth-order valence-electron chi connectivity index (χ4n) is 3.46. The zero-order valence-electron chi connectivity index (χ0n) is 16.5. The molecule has 0 bridgehead atoms. The van der Waals surface area contributed by atoms with Gasteiger partial charge in [-0.3, -0.25) is 0 Å². The highest BCUT2D eigenvalue weighted by Gasteiger charge is 2.23. The van der Waals surface area contributed by atoms with Gasteiger partial charge in [-0.15, -0.1) is 10.2 Å². The molecule has 0 aliphatic carbocycles. The van der Waals surface area contributed by atoms with Crippen LogP contribution in [0.1, 0.15) is 5.56 Å². The number of carbonyl (C=O) groups is 1. The van der Waals surface area contributed by atoms with Crippen LogP contribution in [0.25, 0.3) is 0 Å². The number of amides is 2. The van der Waals surface area contributed by atoms with E-state index < -0.39 is 0 Å². The average Bonchev–Trinajstić information content (AvgIpc) is 2.77. The highest BCUT2D eigenvalue weighted by atomic mass is 35.5. The number of hydrogen-bond acceptors (Lipinski definition) is 6. The maximum absolute atomic E-state index is 12.5. The van der Waals surface area contributed by atoms with Crippen LogP contribution in [0.4, 0.5) is 22.1 Å². The predicted octanol–water partition coefficient (Wildman–Crippen LogP) is 2.63. The number of benzene rings is 1. The van der Waals surface area contributed by atoms with E-state index in [9.17, 15) is 4.79 Å². The fraction of sp³-hybridized carbons (Fsp3) is 0.450. The van der Waals surface area contributed by atoms with Crippen LogP contribution in [-0.4, -0.2) is 73.6 Å². The molecule has 0 unspecified atom stereocenters. The second-order valence-electron chi connectivity index (χ2n) is 7.22. The van der Waals surface area contributed by atoms with Crippen molar-refractivity contribution in [3.8, 4) is 0 Å². The lowest BCUT2D eigenvalue weighted by Crippen LogP contribution is -2.50. The Kier molecular flexibility index (Phi) is 6.01. The first-order valence-corrected chi connectivity index (χ1v) is 10.2. The maximum atomic E-state index is 12.5. The van der Waals surface area contributed by atoms with Gasteiger partial charge in [-0.05, 0) is 36.8 Å². The van der Waals surface area contributed by atoms with Crippen molar-refractivity contribution in [1.29, 1.82) is 0 Å². The molecule has 154 valence electrons. The zero-order chi connectivity index (χ0) is 20.2. The van der Waals surface area contributed by atoms with Gasteiger partial charge in [0.05, 0.1) is 13.2 Å². The molecule has 1 aromatic carbocycles. The van der Waals surface area contributed by atoms with Crippen LogP contribution in [0.2, 0.25) is 5.02 Å². The Morgan fingerprint density at radius 1 is 0.966 bits per heavy atom. The number of aryl methyl sites for hydroxylation is 1. The number of nitrogens with zero attached hydrogens (tertiary/aromatic N) is 5. The fourth-order valence-corrected chi connectivity index (χ4v) is 3.64. The Bertz CT molecular complexity index is 849. The molecule has 0 saturated carbocycles.